The standard InChI is InChI=1S/C10H17N3O3/c1-6-8(7(2)13-12-6)9(16)11-10(3,4-14)5-15/h14-15H,4-5H2,1-3H3,(H,11,16)(H,12,13). The van der Waals surface area contributed by atoms with Gasteiger partial charge in [0.25, 0.3) is 5.91 Å². The molecule has 4 N–H and O–H groups in total. The molecule has 1 heterocycles. The molecular weight excluding hydrogens is 210 g/mol. The number of amides is 1. The van der Waals surface area contributed by atoms with Crippen LogP contribution in [0.15, 0.2) is 0 Å². The zero-order valence-corrected chi connectivity index (χ0v) is 9.66. The van der Waals surface area contributed by atoms with Crippen LogP contribution in [0.25, 0.3) is 0 Å². The molecule has 6 heteroatoms. The number of aliphatic hydroxyl groups is 2. The first-order chi connectivity index (χ1) is 7.43. The minimum absolute atomic E-state index is 0.328. The first-order valence-corrected chi connectivity index (χ1v) is 4.99. The maximum absolute atomic E-state index is 11.9. The first-order valence-electron chi connectivity index (χ1n) is 4.99. The number of rotatable bonds is 4. The van der Waals surface area contributed by atoms with Crippen molar-refractivity contribution in [3.05, 3.63) is 17.0 Å². The molecule has 0 spiro atoms. The van der Waals surface area contributed by atoms with Crippen molar-refractivity contribution in [1.29, 1.82) is 0 Å². The highest BCUT2D eigenvalue weighted by atomic mass is 16.3. The van der Waals surface area contributed by atoms with Gasteiger partial charge in [0.2, 0.25) is 0 Å². The van der Waals surface area contributed by atoms with Gasteiger partial charge in [-0.1, -0.05) is 0 Å². The van der Waals surface area contributed by atoms with Gasteiger partial charge >= 0.3 is 0 Å². The molecular formula is C10H17N3O3. The molecule has 0 radical (unpaired) electrons. The van der Waals surface area contributed by atoms with Crippen LogP contribution in [-0.2, 0) is 0 Å². The van der Waals surface area contributed by atoms with Crippen LogP contribution >= 0.6 is 0 Å². The molecule has 1 rings (SSSR count). The zero-order chi connectivity index (χ0) is 12.3. The van der Waals surface area contributed by atoms with E-state index in [0.717, 1.165) is 0 Å². The van der Waals surface area contributed by atoms with Crippen LogP contribution in [0.4, 0.5) is 0 Å². The number of aryl methyl sites for hydroxylation is 2. The van der Waals surface area contributed by atoms with Gasteiger partial charge in [-0.15, -0.1) is 0 Å². The summed E-state index contributed by atoms with van der Waals surface area (Å²) >= 11 is 0. The van der Waals surface area contributed by atoms with Gasteiger partial charge in [0.15, 0.2) is 0 Å². The van der Waals surface area contributed by atoms with Crippen molar-refractivity contribution in [1.82, 2.24) is 15.5 Å². The molecule has 0 aliphatic carbocycles. The molecule has 1 amide bonds. The summed E-state index contributed by atoms with van der Waals surface area (Å²) in [6.45, 7) is 4.36. The lowest BCUT2D eigenvalue weighted by Crippen LogP contribution is -2.51. The lowest BCUT2D eigenvalue weighted by Gasteiger charge is -2.26. The van der Waals surface area contributed by atoms with Crippen molar-refractivity contribution in [3.63, 3.8) is 0 Å². The average Bonchev–Trinajstić information content (AvgIpc) is 2.58. The van der Waals surface area contributed by atoms with Gasteiger partial charge in [0, 0.05) is 5.69 Å². The van der Waals surface area contributed by atoms with Crippen molar-refractivity contribution in [2.24, 2.45) is 0 Å². The van der Waals surface area contributed by atoms with Gasteiger partial charge < -0.3 is 15.5 Å². The highest BCUT2D eigenvalue weighted by Gasteiger charge is 2.27. The maximum atomic E-state index is 11.9. The second kappa shape index (κ2) is 4.63. The number of hydrogen-bond acceptors (Lipinski definition) is 4. The summed E-state index contributed by atoms with van der Waals surface area (Å²) in [4.78, 5) is 11.9. The maximum Gasteiger partial charge on any atom is 0.255 e. The lowest BCUT2D eigenvalue weighted by molar-refractivity contribution is 0.0723. The van der Waals surface area contributed by atoms with E-state index >= 15 is 0 Å². The molecule has 0 aliphatic heterocycles. The van der Waals surface area contributed by atoms with Gasteiger partial charge in [-0.05, 0) is 20.8 Å². The number of hydrogen-bond donors (Lipinski definition) is 4. The van der Waals surface area contributed by atoms with E-state index in [9.17, 15) is 4.79 Å². The van der Waals surface area contributed by atoms with E-state index in [1.807, 2.05) is 0 Å². The van der Waals surface area contributed by atoms with Crippen LogP contribution in [0.2, 0.25) is 0 Å². The van der Waals surface area contributed by atoms with E-state index in [-0.39, 0.29) is 19.1 Å². The number of aromatic nitrogens is 2. The average molecular weight is 227 g/mol. The van der Waals surface area contributed by atoms with Crippen LogP contribution in [-0.4, -0.2) is 45.1 Å². The topological polar surface area (TPSA) is 98.2 Å². The number of nitrogens with one attached hydrogen (secondary N) is 2. The Kier molecular flexibility index (Phi) is 3.66. The molecule has 0 saturated carbocycles. The predicted molar refractivity (Wildman–Crippen MR) is 58.1 cm³/mol. The number of aromatic amines is 1. The summed E-state index contributed by atoms with van der Waals surface area (Å²) in [5, 5.41) is 27.3. The Bertz CT molecular complexity index is 363. The van der Waals surface area contributed by atoms with Gasteiger partial charge in [-0.25, -0.2) is 0 Å². The van der Waals surface area contributed by atoms with Gasteiger partial charge in [0.05, 0.1) is 30.0 Å². The van der Waals surface area contributed by atoms with E-state index in [1.54, 1.807) is 20.8 Å². The summed E-state index contributed by atoms with van der Waals surface area (Å²) < 4.78 is 0. The Morgan fingerprint density at radius 3 is 2.38 bits per heavy atom. The predicted octanol–water partition coefficient (Wildman–Crippen LogP) is -0.500. The van der Waals surface area contributed by atoms with Crippen LogP contribution < -0.4 is 5.32 Å². The third-order valence-corrected chi connectivity index (χ3v) is 2.47. The third-order valence-electron chi connectivity index (χ3n) is 2.47. The molecule has 1 aromatic heterocycles. The van der Waals surface area contributed by atoms with Crippen molar-refractivity contribution in [3.8, 4) is 0 Å². The number of H-pyrrole nitrogens is 1. The Balaban J connectivity index is 2.88. The van der Waals surface area contributed by atoms with Crippen LogP contribution in [0.5, 0.6) is 0 Å². The van der Waals surface area contributed by atoms with E-state index in [4.69, 9.17) is 10.2 Å². The van der Waals surface area contributed by atoms with Crippen LogP contribution in [0.1, 0.15) is 28.7 Å². The second-order valence-corrected chi connectivity index (χ2v) is 4.14. The molecule has 0 atom stereocenters. The van der Waals surface area contributed by atoms with E-state index < -0.39 is 5.54 Å². The molecule has 0 aliphatic rings. The minimum Gasteiger partial charge on any atom is -0.394 e. The highest BCUT2D eigenvalue weighted by Crippen LogP contribution is 2.11. The SMILES string of the molecule is Cc1n[nH]c(C)c1C(=O)NC(C)(CO)CO. The fourth-order valence-electron chi connectivity index (χ4n) is 1.35. The number of nitrogens with zero attached hydrogens (tertiary/aromatic N) is 1. The second-order valence-electron chi connectivity index (χ2n) is 4.14. The quantitative estimate of drug-likeness (QED) is 0.557. The van der Waals surface area contributed by atoms with Crippen molar-refractivity contribution in [2.75, 3.05) is 13.2 Å². The Morgan fingerprint density at radius 2 is 2.00 bits per heavy atom. The van der Waals surface area contributed by atoms with Crippen molar-refractivity contribution < 1.29 is 15.0 Å². The fraction of sp³-hybridized carbons (Fsp3) is 0.600. The normalized spacial score (nSPS) is 11.6. The molecule has 6 nitrogen and oxygen atoms in total. The van der Waals surface area contributed by atoms with Crippen LogP contribution in [0, 0.1) is 13.8 Å². The third kappa shape index (κ3) is 2.40. The molecule has 0 aromatic carbocycles. The fourth-order valence-corrected chi connectivity index (χ4v) is 1.35. The van der Waals surface area contributed by atoms with E-state index in [2.05, 4.69) is 15.5 Å². The van der Waals surface area contributed by atoms with E-state index in [0.29, 0.717) is 17.0 Å². The van der Waals surface area contributed by atoms with E-state index in [1.165, 1.54) is 0 Å². The Hall–Kier alpha value is -1.40. The molecule has 90 valence electrons. The van der Waals surface area contributed by atoms with Crippen molar-refractivity contribution >= 4 is 5.91 Å². The number of carbonyl (C=O) groups is 1. The van der Waals surface area contributed by atoms with Crippen LogP contribution in [0.3, 0.4) is 0 Å². The molecule has 1 aromatic rings. The summed E-state index contributed by atoms with van der Waals surface area (Å²) in [5.41, 5.74) is 0.683. The molecule has 0 bridgehead atoms. The number of aliphatic hydroxyl groups excluding tert-OH is 2. The molecule has 16 heavy (non-hydrogen) atoms. The summed E-state index contributed by atoms with van der Waals surface area (Å²) in [6.07, 6.45) is 0. The number of carbonyl (C=O) groups excluding carboxylic acids is 1. The van der Waals surface area contributed by atoms with Gasteiger partial charge in [0.1, 0.15) is 0 Å². The first kappa shape index (κ1) is 12.7. The lowest BCUT2D eigenvalue weighted by atomic mass is 10.0. The molecule has 0 fully saturated rings. The largest absolute Gasteiger partial charge is 0.394 e. The monoisotopic (exact) mass is 227 g/mol. The Labute approximate surface area is 93.7 Å². The summed E-state index contributed by atoms with van der Waals surface area (Å²) in [7, 11) is 0. The van der Waals surface area contributed by atoms with Gasteiger partial charge in [-0.3, -0.25) is 9.89 Å². The minimum atomic E-state index is -1.02. The summed E-state index contributed by atoms with van der Waals surface area (Å²) in [6, 6.07) is 0. The van der Waals surface area contributed by atoms with Gasteiger partial charge in [-0.2, -0.15) is 5.10 Å². The Morgan fingerprint density at radius 1 is 1.44 bits per heavy atom. The van der Waals surface area contributed by atoms with Crippen molar-refractivity contribution in [2.45, 2.75) is 26.3 Å². The highest BCUT2D eigenvalue weighted by molar-refractivity contribution is 5.96. The summed E-state index contributed by atoms with van der Waals surface area (Å²) in [5.74, 6) is -0.352. The molecule has 0 unspecified atom stereocenters. The smallest absolute Gasteiger partial charge is 0.255 e. The molecule has 0 saturated heterocycles. The zero-order valence-electron chi connectivity index (χ0n) is 9.66.